The molecule has 202 valence electrons. The summed E-state index contributed by atoms with van der Waals surface area (Å²) >= 11 is 0. The molecule has 1 saturated carbocycles. The van der Waals surface area contributed by atoms with Gasteiger partial charge in [0.1, 0.15) is 18.1 Å². The first-order valence-corrected chi connectivity index (χ1v) is 14.5. The van der Waals surface area contributed by atoms with E-state index in [4.69, 9.17) is 4.74 Å². The third-order valence-corrected chi connectivity index (χ3v) is 7.83. The molecule has 38 heavy (non-hydrogen) atoms. The van der Waals surface area contributed by atoms with Crippen molar-refractivity contribution in [2.45, 2.75) is 45.1 Å². The highest BCUT2D eigenvalue weighted by Gasteiger charge is 2.57. The molecule has 1 aromatic carbocycles. The van der Waals surface area contributed by atoms with Gasteiger partial charge in [0, 0.05) is 54.0 Å². The van der Waals surface area contributed by atoms with E-state index in [-0.39, 0.29) is 35.7 Å². The molecule has 2 aromatic heterocycles. The minimum atomic E-state index is -3.66. The van der Waals surface area contributed by atoms with Crippen molar-refractivity contribution in [3.8, 4) is 17.0 Å². The van der Waals surface area contributed by atoms with Crippen LogP contribution in [0, 0.1) is 11.7 Å². The van der Waals surface area contributed by atoms with E-state index >= 15 is 4.39 Å². The predicted molar refractivity (Wildman–Crippen MR) is 146 cm³/mol. The van der Waals surface area contributed by atoms with Crippen LogP contribution < -0.4 is 19.7 Å². The van der Waals surface area contributed by atoms with Crippen LogP contribution in [0.4, 0.5) is 15.8 Å². The van der Waals surface area contributed by atoms with Gasteiger partial charge in [-0.1, -0.05) is 20.8 Å². The number of carbonyl (C=O) groups excluding carboxylic acids is 1. The van der Waals surface area contributed by atoms with Gasteiger partial charge in [0.05, 0.1) is 29.1 Å². The molecule has 3 aromatic rings. The summed E-state index contributed by atoms with van der Waals surface area (Å²) in [5.74, 6) is 0.0303. The maximum atomic E-state index is 15.4. The van der Waals surface area contributed by atoms with Gasteiger partial charge in [0.15, 0.2) is 0 Å². The van der Waals surface area contributed by atoms with Gasteiger partial charge in [-0.25, -0.2) is 17.8 Å². The monoisotopic (exact) mass is 541 g/mol. The van der Waals surface area contributed by atoms with Crippen LogP contribution in [0.2, 0.25) is 0 Å². The minimum Gasteiger partial charge on any atom is -0.475 e. The predicted octanol–water partition coefficient (Wildman–Crippen LogP) is 3.83. The smallest absolute Gasteiger partial charge is 0.238 e. The molecule has 1 aliphatic heterocycles. The molecule has 0 atom stereocenters. The summed E-state index contributed by atoms with van der Waals surface area (Å²) in [6.45, 7) is 6.95. The highest BCUT2D eigenvalue weighted by Crippen LogP contribution is 2.57. The molecule has 1 spiro atoms. The van der Waals surface area contributed by atoms with Crippen molar-refractivity contribution in [3.63, 3.8) is 0 Å². The van der Waals surface area contributed by atoms with E-state index in [0.29, 0.717) is 28.9 Å². The lowest BCUT2D eigenvalue weighted by Crippen LogP contribution is -2.48. The molecule has 0 bridgehead atoms. The summed E-state index contributed by atoms with van der Waals surface area (Å²) < 4.78 is 47.7. The van der Waals surface area contributed by atoms with Crippen molar-refractivity contribution >= 4 is 38.2 Å². The second-order valence-electron chi connectivity index (χ2n) is 10.7. The van der Waals surface area contributed by atoms with Gasteiger partial charge in [-0.15, -0.1) is 0 Å². The van der Waals surface area contributed by atoms with E-state index in [9.17, 15) is 13.2 Å². The zero-order valence-electron chi connectivity index (χ0n) is 22.1. The van der Waals surface area contributed by atoms with Gasteiger partial charge in [0.2, 0.25) is 21.8 Å². The summed E-state index contributed by atoms with van der Waals surface area (Å²) in [5, 5.41) is 3.93. The lowest BCUT2D eigenvalue weighted by molar-refractivity contribution is -0.127. The Morgan fingerprint density at radius 2 is 1.95 bits per heavy atom. The number of carbonyl (C=O) groups is 1. The van der Waals surface area contributed by atoms with Crippen LogP contribution in [0.5, 0.6) is 5.88 Å². The molecule has 0 radical (unpaired) electrons. The molecule has 2 aliphatic rings. The van der Waals surface area contributed by atoms with E-state index in [1.807, 2.05) is 13.8 Å². The van der Waals surface area contributed by atoms with Crippen LogP contribution >= 0.6 is 0 Å². The molecular formula is C27H32FN5O4S. The Balaban J connectivity index is 1.59. The van der Waals surface area contributed by atoms with Crippen LogP contribution in [0.25, 0.3) is 22.0 Å². The van der Waals surface area contributed by atoms with E-state index < -0.39 is 21.3 Å². The van der Waals surface area contributed by atoms with Crippen molar-refractivity contribution in [1.29, 1.82) is 0 Å². The summed E-state index contributed by atoms with van der Waals surface area (Å²) in [6.07, 6.45) is 5.59. The summed E-state index contributed by atoms with van der Waals surface area (Å²) in [4.78, 5) is 23.7. The van der Waals surface area contributed by atoms with E-state index in [2.05, 4.69) is 26.9 Å². The molecule has 5 rings (SSSR count). The Morgan fingerprint density at radius 1 is 1.21 bits per heavy atom. The Bertz CT molecular complexity index is 1540. The third kappa shape index (κ3) is 4.58. The molecule has 0 unspecified atom stereocenters. The molecular weight excluding hydrogens is 509 g/mol. The largest absolute Gasteiger partial charge is 0.475 e. The van der Waals surface area contributed by atoms with E-state index in [1.54, 1.807) is 24.2 Å². The number of aromatic nitrogens is 2. The van der Waals surface area contributed by atoms with E-state index in [1.165, 1.54) is 18.3 Å². The van der Waals surface area contributed by atoms with Crippen LogP contribution in [0.3, 0.4) is 0 Å². The lowest BCUT2D eigenvalue weighted by atomic mass is 9.59. The summed E-state index contributed by atoms with van der Waals surface area (Å²) in [5.41, 5.74) is 2.18. The van der Waals surface area contributed by atoms with Gasteiger partial charge in [-0.2, -0.15) is 0 Å². The fourth-order valence-corrected chi connectivity index (χ4v) is 6.26. The second kappa shape index (κ2) is 9.46. The number of amides is 1. The summed E-state index contributed by atoms with van der Waals surface area (Å²) in [7, 11) is -1.91. The molecule has 1 amide bonds. The standard InChI is InChI=1S/C27H32FN5O4S/c1-15(2)29-6-7-37-25-22(32-38(5,35)36)8-17(13-31-25)18-9-19-21(10-20(18)28)30-14-23-24(19)27(11-16(3)12-27)26(34)33(23)4/h8-10,13-16,29,32H,6-7,11-12H2,1-5H3/t16-,27-. The van der Waals surface area contributed by atoms with Gasteiger partial charge in [-0.3, -0.25) is 14.5 Å². The topological polar surface area (TPSA) is 114 Å². The van der Waals surface area contributed by atoms with Crippen LogP contribution in [-0.2, 0) is 20.2 Å². The first-order valence-electron chi connectivity index (χ1n) is 12.6. The van der Waals surface area contributed by atoms with Crippen molar-refractivity contribution in [2.24, 2.45) is 5.92 Å². The Morgan fingerprint density at radius 3 is 2.61 bits per heavy atom. The number of nitrogens with one attached hydrogen (secondary N) is 2. The third-order valence-electron chi connectivity index (χ3n) is 7.24. The maximum absolute atomic E-state index is 15.4. The number of nitrogens with zero attached hydrogens (tertiary/aromatic N) is 3. The number of sulfonamides is 1. The Kier molecular flexibility index (Phi) is 6.55. The van der Waals surface area contributed by atoms with Gasteiger partial charge >= 0.3 is 0 Å². The first kappa shape index (κ1) is 26.3. The number of fused-ring (bicyclic) bond motifs is 4. The minimum absolute atomic E-state index is 0.0422. The van der Waals surface area contributed by atoms with Crippen molar-refractivity contribution in [2.75, 3.05) is 36.1 Å². The number of rotatable bonds is 8. The first-order chi connectivity index (χ1) is 17.9. The fraction of sp³-hybridized carbons (Fsp3) is 0.444. The highest BCUT2D eigenvalue weighted by molar-refractivity contribution is 7.92. The normalized spacial score (nSPS) is 20.8. The number of likely N-dealkylation sites (N-methyl/N-ethyl adjacent to an activating group) is 1. The number of benzene rings is 1. The average molecular weight is 542 g/mol. The lowest BCUT2D eigenvalue weighted by Gasteiger charge is -2.42. The number of hydrogen-bond acceptors (Lipinski definition) is 7. The zero-order valence-corrected chi connectivity index (χ0v) is 22.9. The van der Waals surface area contributed by atoms with Gasteiger partial charge in [-0.05, 0) is 30.9 Å². The molecule has 0 saturated heterocycles. The van der Waals surface area contributed by atoms with E-state index in [0.717, 1.165) is 30.3 Å². The van der Waals surface area contributed by atoms with Gasteiger partial charge in [0.25, 0.3) is 0 Å². The fourth-order valence-electron chi connectivity index (χ4n) is 5.71. The number of ether oxygens (including phenoxy) is 1. The maximum Gasteiger partial charge on any atom is 0.238 e. The van der Waals surface area contributed by atoms with Crippen molar-refractivity contribution < 1.29 is 22.3 Å². The molecule has 9 nitrogen and oxygen atoms in total. The molecule has 3 heterocycles. The van der Waals surface area contributed by atoms with Crippen molar-refractivity contribution in [3.05, 3.63) is 42.0 Å². The van der Waals surface area contributed by atoms with Gasteiger partial charge < -0.3 is 15.0 Å². The Hall–Kier alpha value is -3.31. The zero-order chi connectivity index (χ0) is 27.4. The number of anilines is 2. The number of pyridine rings is 2. The molecule has 11 heteroatoms. The van der Waals surface area contributed by atoms with Crippen LogP contribution in [0.1, 0.15) is 39.2 Å². The average Bonchev–Trinajstić information content (AvgIpc) is 3.03. The second-order valence-corrected chi connectivity index (χ2v) is 12.5. The summed E-state index contributed by atoms with van der Waals surface area (Å²) in [6, 6.07) is 4.84. The van der Waals surface area contributed by atoms with Crippen molar-refractivity contribution in [1.82, 2.24) is 15.3 Å². The number of hydrogen-bond donors (Lipinski definition) is 2. The van der Waals surface area contributed by atoms with Crippen LogP contribution in [-0.4, -0.2) is 56.8 Å². The molecule has 1 aliphatic carbocycles. The molecule has 1 fully saturated rings. The van der Waals surface area contributed by atoms with Crippen LogP contribution in [0.15, 0.2) is 30.6 Å². The Labute approximate surface area is 221 Å². The quantitative estimate of drug-likeness (QED) is 0.417. The molecule has 2 N–H and O–H groups in total. The highest BCUT2D eigenvalue weighted by atomic mass is 32.2. The SMILES string of the molecule is CC(C)NCCOc1ncc(-c2cc3c(cc2F)ncc2c3[C@]3(C[C@@H](C)C3)C(=O)N2C)cc1NS(C)(=O)=O. The number of halogens is 1.